The van der Waals surface area contributed by atoms with Gasteiger partial charge in [0.2, 0.25) is 5.91 Å². The van der Waals surface area contributed by atoms with Gasteiger partial charge in [0.05, 0.1) is 0 Å². The number of carbonyl (C=O) groups is 2. The van der Waals surface area contributed by atoms with Crippen molar-refractivity contribution >= 4 is 33.9 Å². The van der Waals surface area contributed by atoms with Gasteiger partial charge in [-0.2, -0.15) is 0 Å². The van der Waals surface area contributed by atoms with Crippen molar-refractivity contribution in [1.29, 1.82) is 0 Å². The fraction of sp³-hybridized carbons (Fsp3) is 0.304. The molecule has 2 heterocycles. The van der Waals surface area contributed by atoms with Gasteiger partial charge in [-0.05, 0) is 40.8 Å². The molecule has 0 bridgehead atoms. The maximum atomic E-state index is 12.9. The van der Waals surface area contributed by atoms with Crippen LogP contribution in [0.3, 0.4) is 0 Å². The zero-order valence-corrected chi connectivity index (χ0v) is 16.4. The zero-order chi connectivity index (χ0) is 19.1. The lowest BCUT2D eigenvalue weighted by molar-refractivity contribution is -0.134. The third-order valence-electron chi connectivity index (χ3n) is 5.89. The molecule has 5 heteroatoms. The Morgan fingerprint density at radius 1 is 0.857 bits per heavy atom. The summed E-state index contributed by atoms with van der Waals surface area (Å²) in [6, 6.07) is 18.1. The van der Waals surface area contributed by atoms with Crippen molar-refractivity contribution in [1.82, 2.24) is 9.80 Å². The summed E-state index contributed by atoms with van der Waals surface area (Å²) in [7, 11) is 0. The molecule has 142 valence electrons. The summed E-state index contributed by atoms with van der Waals surface area (Å²) in [5, 5.41) is 4.29. The van der Waals surface area contributed by atoms with Gasteiger partial charge >= 0.3 is 0 Å². The van der Waals surface area contributed by atoms with Crippen LogP contribution < -0.4 is 0 Å². The summed E-state index contributed by atoms with van der Waals surface area (Å²) in [4.78, 5) is 30.8. The smallest absolute Gasteiger partial charge is 0.253 e. The lowest BCUT2D eigenvalue weighted by Crippen LogP contribution is -2.51. The van der Waals surface area contributed by atoms with E-state index >= 15 is 0 Å². The molecule has 1 aromatic heterocycles. The van der Waals surface area contributed by atoms with Crippen LogP contribution in [0.5, 0.6) is 0 Å². The standard InChI is InChI=1S/C23H22N2O2S/c26-22(18-8-7-16-4-1-2-5-17(16)14-18)24-9-11-25(12-10-24)23(27)20-15-19(20)21-6-3-13-28-21/h1-8,13-14,19-20H,9-12,15H2. The Labute approximate surface area is 168 Å². The van der Waals surface area contributed by atoms with Gasteiger partial charge in [-0.15, -0.1) is 11.3 Å². The van der Waals surface area contributed by atoms with E-state index in [0.717, 1.165) is 22.8 Å². The van der Waals surface area contributed by atoms with Crippen LogP contribution in [0.4, 0.5) is 0 Å². The van der Waals surface area contributed by atoms with Gasteiger partial charge in [-0.3, -0.25) is 9.59 Å². The number of amides is 2. The Bertz CT molecular complexity index is 1020. The first kappa shape index (κ1) is 17.4. The van der Waals surface area contributed by atoms with Crippen molar-refractivity contribution in [3.63, 3.8) is 0 Å². The van der Waals surface area contributed by atoms with Crippen LogP contribution in [0.25, 0.3) is 10.8 Å². The second-order valence-electron chi connectivity index (χ2n) is 7.64. The molecule has 2 aromatic carbocycles. The van der Waals surface area contributed by atoms with Crippen LogP contribution in [0.2, 0.25) is 0 Å². The predicted molar refractivity (Wildman–Crippen MR) is 112 cm³/mol. The van der Waals surface area contributed by atoms with Gasteiger partial charge < -0.3 is 9.80 Å². The van der Waals surface area contributed by atoms with E-state index in [-0.39, 0.29) is 17.7 Å². The first-order valence-electron chi connectivity index (χ1n) is 9.81. The first-order chi connectivity index (χ1) is 13.7. The van der Waals surface area contributed by atoms with Gasteiger partial charge in [0, 0.05) is 48.5 Å². The van der Waals surface area contributed by atoms with Crippen molar-refractivity contribution in [3.05, 3.63) is 70.4 Å². The van der Waals surface area contributed by atoms with Gasteiger partial charge in [-0.25, -0.2) is 0 Å². The third kappa shape index (κ3) is 3.20. The second-order valence-corrected chi connectivity index (χ2v) is 8.62. The van der Waals surface area contributed by atoms with Crippen LogP contribution in [0, 0.1) is 5.92 Å². The average molecular weight is 391 g/mol. The number of benzene rings is 2. The number of rotatable bonds is 3. The molecule has 2 unspecified atom stereocenters. The predicted octanol–water partition coefficient (Wildman–Crippen LogP) is 3.99. The molecule has 1 saturated carbocycles. The number of hydrogen-bond acceptors (Lipinski definition) is 3. The second kappa shape index (κ2) is 7.06. The number of fused-ring (bicyclic) bond motifs is 1. The summed E-state index contributed by atoms with van der Waals surface area (Å²) in [6.45, 7) is 2.47. The van der Waals surface area contributed by atoms with Crippen molar-refractivity contribution in [2.24, 2.45) is 5.92 Å². The molecule has 0 spiro atoms. The van der Waals surface area contributed by atoms with Crippen LogP contribution in [-0.2, 0) is 4.79 Å². The van der Waals surface area contributed by atoms with E-state index in [9.17, 15) is 9.59 Å². The molecule has 0 N–H and O–H groups in total. The molecule has 1 aliphatic heterocycles. The molecule has 2 amide bonds. The molecule has 2 aliphatic rings. The number of nitrogens with zero attached hydrogens (tertiary/aromatic N) is 2. The van der Waals surface area contributed by atoms with E-state index < -0.39 is 0 Å². The Balaban J connectivity index is 1.20. The highest BCUT2D eigenvalue weighted by molar-refractivity contribution is 7.10. The molecular formula is C23H22N2O2S. The fourth-order valence-corrected chi connectivity index (χ4v) is 5.06. The quantitative estimate of drug-likeness (QED) is 0.678. The molecule has 2 atom stereocenters. The topological polar surface area (TPSA) is 40.6 Å². The first-order valence-corrected chi connectivity index (χ1v) is 10.7. The van der Waals surface area contributed by atoms with E-state index in [1.54, 1.807) is 11.3 Å². The summed E-state index contributed by atoms with van der Waals surface area (Å²) in [5.74, 6) is 0.864. The third-order valence-corrected chi connectivity index (χ3v) is 6.90. The van der Waals surface area contributed by atoms with E-state index in [1.165, 1.54) is 4.88 Å². The highest BCUT2D eigenvalue weighted by atomic mass is 32.1. The Morgan fingerprint density at radius 3 is 2.36 bits per heavy atom. The van der Waals surface area contributed by atoms with Crippen LogP contribution in [0.15, 0.2) is 60.0 Å². The van der Waals surface area contributed by atoms with Crippen molar-refractivity contribution in [2.45, 2.75) is 12.3 Å². The van der Waals surface area contributed by atoms with E-state index in [4.69, 9.17) is 0 Å². The molecule has 2 fully saturated rings. The van der Waals surface area contributed by atoms with E-state index in [2.05, 4.69) is 23.6 Å². The number of piperazine rings is 1. The monoisotopic (exact) mass is 390 g/mol. The van der Waals surface area contributed by atoms with Crippen LogP contribution >= 0.6 is 11.3 Å². The maximum Gasteiger partial charge on any atom is 0.253 e. The van der Waals surface area contributed by atoms with Crippen LogP contribution in [-0.4, -0.2) is 47.8 Å². The van der Waals surface area contributed by atoms with Gasteiger partial charge in [0.1, 0.15) is 0 Å². The summed E-state index contributed by atoms with van der Waals surface area (Å²) >= 11 is 1.74. The van der Waals surface area contributed by atoms with E-state index in [0.29, 0.717) is 32.1 Å². The molecule has 4 nitrogen and oxygen atoms in total. The highest BCUT2D eigenvalue weighted by Gasteiger charge is 2.46. The normalized spacial score (nSPS) is 21.7. The fourth-order valence-electron chi connectivity index (χ4n) is 4.15. The van der Waals surface area contributed by atoms with Gasteiger partial charge in [0.25, 0.3) is 5.91 Å². The molecule has 1 saturated heterocycles. The molecule has 3 aromatic rings. The number of hydrogen-bond donors (Lipinski definition) is 0. The highest BCUT2D eigenvalue weighted by Crippen LogP contribution is 2.50. The minimum Gasteiger partial charge on any atom is -0.339 e. The molecule has 28 heavy (non-hydrogen) atoms. The van der Waals surface area contributed by atoms with E-state index in [1.807, 2.05) is 46.2 Å². The summed E-state index contributed by atoms with van der Waals surface area (Å²) < 4.78 is 0. The van der Waals surface area contributed by atoms with Crippen molar-refractivity contribution in [2.75, 3.05) is 26.2 Å². The Hall–Kier alpha value is -2.66. The largest absolute Gasteiger partial charge is 0.339 e. The average Bonchev–Trinajstić information content (AvgIpc) is 3.36. The summed E-state index contributed by atoms with van der Waals surface area (Å²) in [6.07, 6.45) is 0.968. The van der Waals surface area contributed by atoms with Crippen molar-refractivity contribution < 1.29 is 9.59 Å². The Kier molecular flexibility index (Phi) is 4.40. The minimum absolute atomic E-state index is 0.0562. The molecule has 0 radical (unpaired) electrons. The van der Waals surface area contributed by atoms with Crippen molar-refractivity contribution in [3.8, 4) is 0 Å². The minimum atomic E-state index is 0.0562. The maximum absolute atomic E-state index is 12.9. The lowest BCUT2D eigenvalue weighted by atomic mass is 10.1. The van der Waals surface area contributed by atoms with Gasteiger partial charge in [-0.1, -0.05) is 36.4 Å². The summed E-state index contributed by atoms with van der Waals surface area (Å²) in [5.41, 5.74) is 0.721. The molecular weight excluding hydrogens is 368 g/mol. The van der Waals surface area contributed by atoms with Gasteiger partial charge in [0.15, 0.2) is 0 Å². The lowest BCUT2D eigenvalue weighted by Gasteiger charge is -2.35. The SMILES string of the molecule is O=C(c1ccc2ccccc2c1)N1CCN(C(=O)C2CC2c2cccs2)CC1. The molecule has 1 aliphatic carbocycles. The Morgan fingerprint density at radius 2 is 1.61 bits per heavy atom. The van der Waals surface area contributed by atoms with Crippen LogP contribution in [0.1, 0.15) is 27.6 Å². The molecule has 5 rings (SSSR count). The number of carbonyl (C=O) groups excluding carboxylic acids is 2. The number of thiophene rings is 1. The zero-order valence-electron chi connectivity index (χ0n) is 15.6.